The molecule has 2 heterocycles. The maximum atomic E-state index is 13.1. The van der Waals surface area contributed by atoms with E-state index in [0.29, 0.717) is 56.5 Å². The highest BCUT2D eigenvalue weighted by Crippen LogP contribution is 2.30. The van der Waals surface area contributed by atoms with E-state index in [-0.39, 0.29) is 17.9 Å². The molecule has 0 bridgehead atoms. The number of nitriles is 1. The minimum atomic E-state index is -0.113. The van der Waals surface area contributed by atoms with E-state index in [4.69, 9.17) is 9.47 Å². The van der Waals surface area contributed by atoms with Crippen LogP contribution in [-0.2, 0) is 6.61 Å². The smallest absolute Gasteiger partial charge is 0.254 e. The van der Waals surface area contributed by atoms with E-state index in [1.807, 2.05) is 24.0 Å². The van der Waals surface area contributed by atoms with Gasteiger partial charge in [0.15, 0.2) is 11.5 Å². The zero-order valence-corrected chi connectivity index (χ0v) is 18.5. The summed E-state index contributed by atoms with van der Waals surface area (Å²) in [6.07, 6.45) is 3.48. The largest absolute Gasteiger partial charge is 0.490 e. The highest BCUT2D eigenvalue weighted by atomic mass is 16.5. The van der Waals surface area contributed by atoms with Gasteiger partial charge in [0.1, 0.15) is 12.6 Å². The quantitative estimate of drug-likeness (QED) is 0.649. The van der Waals surface area contributed by atoms with Gasteiger partial charge < -0.3 is 14.4 Å². The fourth-order valence-electron chi connectivity index (χ4n) is 3.71. The number of benzene rings is 1. The summed E-state index contributed by atoms with van der Waals surface area (Å²) < 4.78 is 11.6. The van der Waals surface area contributed by atoms with E-state index in [1.165, 1.54) is 0 Å². The normalized spacial score (nSPS) is 15.4. The zero-order chi connectivity index (χ0) is 22.2. The molecule has 1 fully saturated rings. The fourth-order valence-corrected chi connectivity index (χ4v) is 3.71. The number of nitrogens with zero attached hydrogens (tertiary/aromatic N) is 4. The van der Waals surface area contributed by atoms with Crippen molar-refractivity contribution in [2.45, 2.75) is 33.4 Å². The van der Waals surface area contributed by atoms with Crippen LogP contribution in [0, 0.1) is 17.2 Å². The van der Waals surface area contributed by atoms with Crippen molar-refractivity contribution in [3.63, 3.8) is 0 Å². The van der Waals surface area contributed by atoms with E-state index in [9.17, 15) is 10.1 Å². The number of aromatic nitrogens is 1. The van der Waals surface area contributed by atoms with Crippen molar-refractivity contribution in [1.29, 1.82) is 5.26 Å². The standard InChI is InChI=1S/C24H30N4O3/c1-4-30-23-14-20(7-8-22(23)31-17-19-6-5-9-26-16-19)24(29)28-12-10-27(11-13-28)21(15-25)18(2)3/h5-9,14,16,18,21H,4,10-13,17H2,1-3H3. The fraction of sp³-hybridized carbons (Fsp3) is 0.458. The van der Waals surface area contributed by atoms with Gasteiger partial charge in [-0.2, -0.15) is 5.26 Å². The molecule has 1 atom stereocenters. The summed E-state index contributed by atoms with van der Waals surface area (Å²) in [5.41, 5.74) is 1.53. The van der Waals surface area contributed by atoms with Crippen LogP contribution < -0.4 is 9.47 Å². The number of rotatable bonds is 8. The molecule has 1 amide bonds. The molecule has 7 heteroatoms. The van der Waals surface area contributed by atoms with Gasteiger partial charge >= 0.3 is 0 Å². The van der Waals surface area contributed by atoms with E-state index >= 15 is 0 Å². The Bertz CT molecular complexity index is 903. The van der Waals surface area contributed by atoms with E-state index in [2.05, 4.69) is 29.8 Å². The predicted molar refractivity (Wildman–Crippen MR) is 118 cm³/mol. The van der Waals surface area contributed by atoms with Crippen LogP contribution in [0.15, 0.2) is 42.7 Å². The maximum Gasteiger partial charge on any atom is 0.254 e. The van der Waals surface area contributed by atoms with Crippen molar-refractivity contribution in [2.24, 2.45) is 5.92 Å². The molecule has 1 saturated heterocycles. The Kier molecular flexibility index (Phi) is 7.85. The van der Waals surface area contributed by atoms with Crippen LogP contribution in [0.2, 0.25) is 0 Å². The van der Waals surface area contributed by atoms with Crippen molar-refractivity contribution in [1.82, 2.24) is 14.8 Å². The molecule has 0 aliphatic carbocycles. The molecule has 1 aliphatic heterocycles. The first-order valence-electron chi connectivity index (χ1n) is 10.7. The molecule has 164 valence electrons. The van der Waals surface area contributed by atoms with E-state index in [0.717, 1.165) is 5.56 Å². The zero-order valence-electron chi connectivity index (χ0n) is 18.5. The van der Waals surface area contributed by atoms with Crippen LogP contribution in [-0.4, -0.2) is 59.5 Å². The Morgan fingerprint density at radius 3 is 2.55 bits per heavy atom. The summed E-state index contributed by atoms with van der Waals surface area (Å²) in [7, 11) is 0. The van der Waals surface area contributed by atoms with Crippen LogP contribution in [0.25, 0.3) is 0 Å². The molecule has 31 heavy (non-hydrogen) atoms. The predicted octanol–water partition coefficient (Wildman–Crippen LogP) is 3.37. The molecule has 2 aromatic rings. The average molecular weight is 423 g/mol. The summed E-state index contributed by atoms with van der Waals surface area (Å²) in [4.78, 5) is 21.2. The second kappa shape index (κ2) is 10.8. The van der Waals surface area contributed by atoms with Crippen LogP contribution in [0.3, 0.4) is 0 Å². The molecular weight excluding hydrogens is 392 g/mol. The first-order valence-corrected chi connectivity index (χ1v) is 10.7. The topological polar surface area (TPSA) is 78.7 Å². The molecule has 0 N–H and O–H groups in total. The molecule has 1 aromatic heterocycles. The SMILES string of the molecule is CCOc1cc(C(=O)N2CCN(C(C#N)C(C)C)CC2)ccc1OCc1cccnc1. The number of pyridine rings is 1. The van der Waals surface area contributed by atoms with Gasteiger partial charge in [-0.15, -0.1) is 0 Å². The molecule has 1 aliphatic rings. The third-order valence-electron chi connectivity index (χ3n) is 5.37. The summed E-state index contributed by atoms with van der Waals surface area (Å²) in [6.45, 7) is 9.47. The maximum absolute atomic E-state index is 13.1. The number of amides is 1. The first kappa shape index (κ1) is 22.6. The number of carbonyl (C=O) groups excluding carboxylic acids is 1. The van der Waals surface area contributed by atoms with Crippen molar-refractivity contribution >= 4 is 5.91 Å². The van der Waals surface area contributed by atoms with Crippen LogP contribution in [0.1, 0.15) is 36.7 Å². The lowest BCUT2D eigenvalue weighted by molar-refractivity contribution is 0.0576. The van der Waals surface area contributed by atoms with Crippen molar-refractivity contribution in [2.75, 3.05) is 32.8 Å². The molecule has 7 nitrogen and oxygen atoms in total. The lowest BCUT2D eigenvalue weighted by atomic mass is 10.0. The summed E-state index contributed by atoms with van der Waals surface area (Å²) in [5.74, 6) is 1.39. The van der Waals surface area contributed by atoms with Gasteiger partial charge in [0.05, 0.1) is 12.7 Å². The number of piperazine rings is 1. The van der Waals surface area contributed by atoms with Gasteiger partial charge in [-0.05, 0) is 37.1 Å². The Labute approximate surface area is 184 Å². The summed E-state index contributed by atoms with van der Waals surface area (Å²) in [6, 6.07) is 11.4. The minimum absolute atomic E-state index is 0.0301. The highest BCUT2D eigenvalue weighted by molar-refractivity contribution is 5.95. The van der Waals surface area contributed by atoms with E-state index < -0.39 is 0 Å². The Balaban J connectivity index is 1.66. The molecule has 0 saturated carbocycles. The van der Waals surface area contributed by atoms with Crippen molar-refractivity contribution in [3.05, 3.63) is 53.9 Å². The van der Waals surface area contributed by atoms with Crippen molar-refractivity contribution < 1.29 is 14.3 Å². The van der Waals surface area contributed by atoms with Crippen LogP contribution in [0.5, 0.6) is 11.5 Å². The first-order chi connectivity index (χ1) is 15.0. The van der Waals surface area contributed by atoms with Gasteiger partial charge in [0.2, 0.25) is 0 Å². The average Bonchev–Trinajstić information content (AvgIpc) is 2.79. The van der Waals surface area contributed by atoms with Gasteiger partial charge in [0.25, 0.3) is 5.91 Å². The molecule has 3 rings (SSSR count). The Hall–Kier alpha value is -3.11. The number of hydrogen-bond acceptors (Lipinski definition) is 6. The molecular formula is C24H30N4O3. The van der Waals surface area contributed by atoms with Gasteiger partial charge in [-0.1, -0.05) is 19.9 Å². The molecule has 0 radical (unpaired) electrons. The summed E-state index contributed by atoms with van der Waals surface area (Å²) in [5, 5.41) is 9.42. The lowest BCUT2D eigenvalue weighted by Gasteiger charge is -2.38. The monoisotopic (exact) mass is 422 g/mol. The number of carbonyl (C=O) groups is 1. The van der Waals surface area contributed by atoms with Crippen LogP contribution >= 0.6 is 0 Å². The summed E-state index contributed by atoms with van der Waals surface area (Å²) >= 11 is 0. The number of ether oxygens (including phenoxy) is 2. The minimum Gasteiger partial charge on any atom is -0.490 e. The Morgan fingerprint density at radius 2 is 1.94 bits per heavy atom. The molecule has 1 unspecified atom stereocenters. The number of hydrogen-bond donors (Lipinski definition) is 0. The van der Waals surface area contributed by atoms with Gasteiger partial charge in [0, 0.05) is 49.7 Å². The third kappa shape index (κ3) is 5.74. The highest BCUT2D eigenvalue weighted by Gasteiger charge is 2.28. The third-order valence-corrected chi connectivity index (χ3v) is 5.37. The lowest BCUT2D eigenvalue weighted by Crippen LogP contribution is -2.52. The Morgan fingerprint density at radius 1 is 1.16 bits per heavy atom. The molecule has 1 aromatic carbocycles. The molecule has 0 spiro atoms. The van der Waals surface area contributed by atoms with E-state index in [1.54, 1.807) is 30.6 Å². The van der Waals surface area contributed by atoms with Gasteiger partial charge in [-0.25, -0.2) is 0 Å². The second-order valence-corrected chi connectivity index (χ2v) is 7.89. The van der Waals surface area contributed by atoms with Gasteiger partial charge in [-0.3, -0.25) is 14.7 Å². The van der Waals surface area contributed by atoms with Crippen molar-refractivity contribution in [3.8, 4) is 17.6 Å². The van der Waals surface area contributed by atoms with Crippen LogP contribution in [0.4, 0.5) is 0 Å². The second-order valence-electron chi connectivity index (χ2n) is 7.89.